The van der Waals surface area contributed by atoms with Crippen LogP contribution in [0.1, 0.15) is 17.3 Å². The highest BCUT2D eigenvalue weighted by Crippen LogP contribution is 2.30. The normalized spacial score (nSPS) is 11.0. The Hall–Kier alpha value is -1.82. The Bertz CT molecular complexity index is 888. The maximum absolute atomic E-state index is 11.9. The molecule has 0 aliphatic carbocycles. The minimum absolute atomic E-state index is 0.169. The topological polar surface area (TPSA) is 56.5 Å². The van der Waals surface area contributed by atoms with Crippen molar-refractivity contribution in [2.75, 3.05) is 6.61 Å². The highest BCUT2D eigenvalue weighted by atomic mass is 35.5. The van der Waals surface area contributed by atoms with Gasteiger partial charge in [0.25, 0.3) is 0 Å². The van der Waals surface area contributed by atoms with Crippen molar-refractivity contribution in [3.63, 3.8) is 0 Å². The Morgan fingerprint density at radius 1 is 1.17 bits per heavy atom. The van der Waals surface area contributed by atoms with Gasteiger partial charge in [-0.3, -0.25) is 0 Å². The Balaban J connectivity index is 2.15. The minimum atomic E-state index is -0.539. The first-order valence-electron chi connectivity index (χ1n) is 6.67. The first-order chi connectivity index (χ1) is 11.0. The molecule has 0 saturated carbocycles. The molecule has 0 spiro atoms. The fourth-order valence-corrected chi connectivity index (χ4v) is 2.94. The van der Waals surface area contributed by atoms with Gasteiger partial charge in [-0.1, -0.05) is 34.8 Å². The lowest BCUT2D eigenvalue weighted by atomic mass is 10.2. The van der Waals surface area contributed by atoms with Crippen molar-refractivity contribution in [2.24, 2.45) is 0 Å². The van der Waals surface area contributed by atoms with Crippen LogP contribution in [0.15, 0.2) is 30.6 Å². The first-order valence-corrected chi connectivity index (χ1v) is 7.80. The molecular weight excluding hydrogens is 361 g/mol. The van der Waals surface area contributed by atoms with E-state index in [4.69, 9.17) is 39.5 Å². The summed E-state index contributed by atoms with van der Waals surface area (Å²) in [7, 11) is 0. The number of hydrogen-bond acceptors (Lipinski definition) is 4. The zero-order chi connectivity index (χ0) is 16.6. The van der Waals surface area contributed by atoms with E-state index in [9.17, 15) is 4.79 Å². The largest absolute Gasteiger partial charge is 0.462 e. The fourth-order valence-electron chi connectivity index (χ4n) is 2.15. The van der Waals surface area contributed by atoms with Gasteiger partial charge in [0, 0.05) is 15.6 Å². The van der Waals surface area contributed by atoms with Gasteiger partial charge in [-0.15, -0.1) is 0 Å². The van der Waals surface area contributed by atoms with Gasteiger partial charge in [-0.05, 0) is 25.1 Å². The lowest BCUT2D eigenvalue weighted by Crippen LogP contribution is -2.08. The summed E-state index contributed by atoms with van der Waals surface area (Å²) in [6, 6.07) is 5.12. The van der Waals surface area contributed by atoms with Crippen molar-refractivity contribution in [2.45, 2.75) is 6.92 Å². The molecule has 0 unspecified atom stereocenters. The van der Waals surface area contributed by atoms with E-state index in [0.717, 1.165) is 5.56 Å². The smallest absolute Gasteiger partial charge is 0.341 e. The van der Waals surface area contributed by atoms with E-state index in [1.807, 2.05) is 0 Å². The number of ether oxygens (including phenoxy) is 1. The van der Waals surface area contributed by atoms with Crippen molar-refractivity contribution in [1.29, 1.82) is 0 Å². The average Bonchev–Trinajstić information content (AvgIpc) is 2.91. The van der Waals surface area contributed by atoms with E-state index in [-0.39, 0.29) is 17.2 Å². The van der Waals surface area contributed by atoms with Crippen LogP contribution >= 0.6 is 34.8 Å². The van der Waals surface area contributed by atoms with Crippen molar-refractivity contribution in [3.8, 4) is 11.3 Å². The highest BCUT2D eigenvalue weighted by molar-refractivity contribution is 6.36. The quantitative estimate of drug-likeness (QED) is 0.635. The summed E-state index contributed by atoms with van der Waals surface area (Å²) in [5.74, 6) is -0.539. The number of fused-ring (bicyclic) bond motifs is 1. The predicted octanol–water partition coefficient (Wildman–Crippen LogP) is 4.53. The first kappa shape index (κ1) is 16.1. The van der Waals surface area contributed by atoms with Crippen LogP contribution in [0.2, 0.25) is 15.1 Å². The summed E-state index contributed by atoms with van der Waals surface area (Å²) >= 11 is 18.3. The van der Waals surface area contributed by atoms with Crippen LogP contribution in [-0.4, -0.2) is 27.2 Å². The number of aromatic nitrogens is 3. The second kappa shape index (κ2) is 6.35. The van der Waals surface area contributed by atoms with Crippen molar-refractivity contribution >= 4 is 46.4 Å². The van der Waals surface area contributed by atoms with Gasteiger partial charge >= 0.3 is 5.97 Å². The van der Waals surface area contributed by atoms with Crippen molar-refractivity contribution in [1.82, 2.24) is 14.6 Å². The van der Waals surface area contributed by atoms with Crippen LogP contribution in [0, 0.1) is 0 Å². The van der Waals surface area contributed by atoms with E-state index in [2.05, 4.69) is 10.1 Å². The van der Waals surface area contributed by atoms with E-state index in [1.165, 1.54) is 10.7 Å². The Morgan fingerprint density at radius 2 is 1.87 bits per heavy atom. The summed E-state index contributed by atoms with van der Waals surface area (Å²) in [4.78, 5) is 16.1. The van der Waals surface area contributed by atoms with E-state index >= 15 is 0 Å². The van der Waals surface area contributed by atoms with E-state index < -0.39 is 5.97 Å². The monoisotopic (exact) mass is 369 g/mol. The maximum atomic E-state index is 11.9. The molecule has 0 amide bonds. The Morgan fingerprint density at radius 3 is 2.52 bits per heavy atom. The van der Waals surface area contributed by atoms with Gasteiger partial charge in [-0.25, -0.2) is 14.3 Å². The molecule has 5 nitrogen and oxygen atoms in total. The lowest BCUT2D eigenvalue weighted by molar-refractivity contribution is 0.0526. The molecule has 0 radical (unpaired) electrons. The molecule has 8 heteroatoms. The third-order valence-corrected chi connectivity index (χ3v) is 3.94. The van der Waals surface area contributed by atoms with Crippen LogP contribution in [0.5, 0.6) is 0 Å². The third-order valence-electron chi connectivity index (χ3n) is 3.13. The van der Waals surface area contributed by atoms with Crippen LogP contribution in [0.4, 0.5) is 0 Å². The summed E-state index contributed by atoms with van der Waals surface area (Å²) in [5, 5.41) is 5.40. The molecule has 0 bridgehead atoms. The van der Waals surface area contributed by atoms with E-state index in [0.29, 0.717) is 21.4 Å². The minimum Gasteiger partial charge on any atom is -0.462 e. The number of carbonyl (C=O) groups is 1. The molecule has 0 N–H and O–H groups in total. The fraction of sp³-hybridized carbons (Fsp3) is 0.133. The maximum Gasteiger partial charge on any atom is 0.341 e. The number of halogens is 3. The SMILES string of the molecule is CCOC(=O)c1cnn2c(-c3cc(Cl)cc(Cl)c3)cnc2c1Cl. The Labute approximate surface area is 146 Å². The molecule has 2 aromatic heterocycles. The molecule has 0 aliphatic rings. The molecule has 0 saturated heterocycles. The second-order valence-corrected chi connectivity index (χ2v) is 5.88. The molecular formula is C15H10Cl3N3O2. The van der Waals surface area contributed by atoms with Gasteiger partial charge < -0.3 is 4.74 Å². The molecule has 0 fully saturated rings. The predicted molar refractivity (Wildman–Crippen MR) is 89.4 cm³/mol. The lowest BCUT2D eigenvalue weighted by Gasteiger charge is -2.06. The number of carbonyl (C=O) groups excluding carboxylic acids is 1. The summed E-state index contributed by atoms with van der Waals surface area (Å²) in [5.41, 5.74) is 1.91. The van der Waals surface area contributed by atoms with Gasteiger partial charge in [0.2, 0.25) is 0 Å². The molecule has 118 valence electrons. The number of rotatable bonds is 3. The van der Waals surface area contributed by atoms with Crippen LogP contribution < -0.4 is 0 Å². The molecule has 1 aromatic carbocycles. The average molecular weight is 371 g/mol. The highest BCUT2D eigenvalue weighted by Gasteiger charge is 2.18. The van der Waals surface area contributed by atoms with Crippen LogP contribution in [0.3, 0.4) is 0 Å². The number of nitrogens with zero attached hydrogens (tertiary/aromatic N) is 3. The zero-order valence-electron chi connectivity index (χ0n) is 11.9. The Kier molecular flexibility index (Phi) is 4.43. The second-order valence-electron chi connectivity index (χ2n) is 4.63. The number of esters is 1. The summed E-state index contributed by atoms with van der Waals surface area (Å²) in [6.45, 7) is 1.97. The van der Waals surface area contributed by atoms with Gasteiger partial charge in [0.05, 0.1) is 24.7 Å². The third kappa shape index (κ3) is 3.00. The summed E-state index contributed by atoms with van der Waals surface area (Å²) in [6.07, 6.45) is 2.94. The van der Waals surface area contributed by atoms with Crippen LogP contribution in [0.25, 0.3) is 16.9 Å². The van der Waals surface area contributed by atoms with Crippen molar-refractivity contribution in [3.05, 3.63) is 51.2 Å². The molecule has 3 aromatic rings. The number of imidazole rings is 1. The molecule has 3 rings (SSSR count). The van der Waals surface area contributed by atoms with Gasteiger partial charge in [0.15, 0.2) is 5.65 Å². The number of hydrogen-bond donors (Lipinski definition) is 0. The van der Waals surface area contributed by atoms with Crippen LogP contribution in [-0.2, 0) is 4.74 Å². The molecule has 0 aliphatic heterocycles. The van der Waals surface area contributed by atoms with E-state index in [1.54, 1.807) is 31.3 Å². The standard InChI is InChI=1S/C15H10Cl3N3O2/c1-2-23-15(22)11-6-20-21-12(7-19-14(21)13(11)18)8-3-9(16)5-10(17)4-8/h3-7H,2H2,1H3. The molecule has 0 atom stereocenters. The summed E-state index contributed by atoms with van der Waals surface area (Å²) < 4.78 is 6.47. The van der Waals surface area contributed by atoms with Crippen molar-refractivity contribution < 1.29 is 9.53 Å². The van der Waals surface area contributed by atoms with Gasteiger partial charge in [0.1, 0.15) is 10.6 Å². The number of benzene rings is 1. The van der Waals surface area contributed by atoms with Gasteiger partial charge in [-0.2, -0.15) is 5.10 Å². The molecule has 2 heterocycles. The zero-order valence-corrected chi connectivity index (χ0v) is 14.2. The molecule has 23 heavy (non-hydrogen) atoms.